The number of aryl methyl sites for hydroxylation is 2. The topological polar surface area (TPSA) is 80.8 Å². The third kappa shape index (κ3) is 9.87. The van der Waals surface area contributed by atoms with Crippen LogP contribution in [0.5, 0.6) is 5.75 Å². The van der Waals surface area contributed by atoms with Gasteiger partial charge in [0.2, 0.25) is 0 Å². The summed E-state index contributed by atoms with van der Waals surface area (Å²) in [6.07, 6.45) is -1.79. The second-order valence-electron chi connectivity index (χ2n) is 13.8. The third-order valence-electron chi connectivity index (χ3n) is 7.60. The molecule has 0 unspecified atom stereocenters. The molecule has 0 atom stereocenters. The number of aromatic nitrogens is 1. The molecule has 1 radical (unpaired) electrons. The summed E-state index contributed by atoms with van der Waals surface area (Å²) in [5, 5.41) is 13.8. The fraction of sp³-hybridized carbons (Fsp3) is 0.275. The number of ether oxygens (including phenoxy) is 1. The van der Waals surface area contributed by atoms with Gasteiger partial charge in [-0.1, -0.05) is 71.0 Å². The molecular formula is C40H40F3IrNO4. The molecule has 1 aromatic heterocycles. The van der Waals surface area contributed by atoms with Gasteiger partial charge in [0.15, 0.2) is 0 Å². The first kappa shape index (κ1) is 39.1. The van der Waals surface area contributed by atoms with Crippen LogP contribution in [-0.4, -0.2) is 32.8 Å². The van der Waals surface area contributed by atoms with E-state index in [4.69, 9.17) is 0 Å². The molecule has 0 saturated carbocycles. The summed E-state index contributed by atoms with van der Waals surface area (Å²) in [6, 6.07) is 25.6. The zero-order chi connectivity index (χ0) is 35.6. The Balaban J connectivity index is 0.000000398. The van der Waals surface area contributed by atoms with E-state index in [9.17, 15) is 27.9 Å². The van der Waals surface area contributed by atoms with E-state index >= 15 is 0 Å². The molecule has 0 saturated heterocycles. The maximum absolute atomic E-state index is 12.4. The zero-order valence-electron chi connectivity index (χ0n) is 28.7. The first-order chi connectivity index (χ1) is 22.2. The Morgan fingerprint density at radius 3 is 2.00 bits per heavy atom. The Hall–Kier alpha value is -4.33. The second kappa shape index (κ2) is 15.1. The van der Waals surface area contributed by atoms with Crippen LogP contribution < -0.4 is 4.74 Å². The van der Waals surface area contributed by atoms with Crippen molar-refractivity contribution in [3.63, 3.8) is 0 Å². The van der Waals surface area contributed by atoms with Crippen LogP contribution in [-0.2, 0) is 24.9 Å². The maximum atomic E-state index is 12.4. The van der Waals surface area contributed by atoms with Crippen LogP contribution in [0, 0.1) is 30.7 Å². The predicted molar refractivity (Wildman–Crippen MR) is 187 cm³/mol. The van der Waals surface area contributed by atoms with Gasteiger partial charge in [-0.05, 0) is 83.4 Å². The molecule has 5 aromatic rings. The summed E-state index contributed by atoms with van der Waals surface area (Å²) >= 11 is 0. The number of carbonyl (C=O) groups excluding carboxylic acids is 2. The monoisotopic (exact) mass is 848 g/mol. The Kier molecular flexibility index (Phi) is 12.0. The molecule has 4 aromatic carbocycles. The molecule has 5 rings (SSSR count). The van der Waals surface area contributed by atoms with E-state index in [1.807, 2.05) is 78.8 Å². The van der Waals surface area contributed by atoms with Crippen LogP contribution in [0.2, 0.25) is 0 Å². The largest absolute Gasteiger partial charge is 0.511 e. The van der Waals surface area contributed by atoms with Crippen molar-refractivity contribution in [1.82, 2.24) is 4.98 Å². The number of rotatable bonds is 4. The second-order valence-corrected chi connectivity index (χ2v) is 13.8. The molecule has 0 spiro atoms. The van der Waals surface area contributed by atoms with E-state index in [0.29, 0.717) is 0 Å². The number of esters is 1. The molecule has 1 heterocycles. The molecule has 0 aliphatic heterocycles. The smallest absolute Gasteiger partial charge is 0.491 e. The number of aliphatic hydroxyl groups excluding tert-OH is 1. The summed E-state index contributed by atoms with van der Waals surface area (Å²) in [6.45, 7) is 15.5. The van der Waals surface area contributed by atoms with E-state index in [1.54, 1.807) is 18.3 Å². The molecule has 2 N–H and O–H groups in total. The number of alkyl halides is 3. The van der Waals surface area contributed by atoms with E-state index in [-0.39, 0.29) is 48.2 Å². The number of ketones is 1. The van der Waals surface area contributed by atoms with Crippen molar-refractivity contribution < 1.29 is 52.7 Å². The fourth-order valence-electron chi connectivity index (χ4n) is 4.86. The minimum atomic E-state index is -5.04. The van der Waals surface area contributed by atoms with Gasteiger partial charge < -0.3 is 14.8 Å². The summed E-state index contributed by atoms with van der Waals surface area (Å²) in [4.78, 5) is 25.3. The third-order valence-corrected chi connectivity index (χ3v) is 7.60. The number of hydrogen-bond acceptors (Lipinski definition) is 4. The van der Waals surface area contributed by atoms with Crippen molar-refractivity contribution in [3.8, 4) is 28.1 Å². The molecule has 0 fully saturated rings. The minimum absolute atomic E-state index is 0. The summed E-state index contributed by atoms with van der Waals surface area (Å²) in [5.74, 6) is -1.99. The van der Waals surface area contributed by atoms with Gasteiger partial charge >= 0.3 is 17.9 Å². The minimum Gasteiger partial charge on any atom is -0.511 e. The number of carbonyl (C=O) groups is 1. The standard InChI is InChI=1S/C29H19F3NO2.C11H20O2.Ir/c1-17-13-18(2)15-22(14-17)27-26-10-6-21-16-20(5-9-24(21)25(26)11-12-33-27)19-3-7-23(8-4-19)35-28(34)29(30,31)32;1-10(2,3)8(12)7-9(13)11(4,5)6;/h3-14,16H,1-2H3;7,12H,1-6H3;/q-1;;/p+1/b;8-7-;. The van der Waals surface area contributed by atoms with Crippen LogP contribution in [0.15, 0.2) is 90.8 Å². The van der Waals surface area contributed by atoms with Crippen molar-refractivity contribution in [2.24, 2.45) is 10.8 Å². The van der Waals surface area contributed by atoms with Gasteiger partial charge in [0.1, 0.15) is 11.5 Å². The Morgan fingerprint density at radius 1 is 0.816 bits per heavy atom. The number of fused-ring (bicyclic) bond motifs is 3. The molecule has 0 aliphatic rings. The zero-order valence-corrected chi connectivity index (χ0v) is 31.1. The summed E-state index contributed by atoms with van der Waals surface area (Å²) < 4.78 is 41.6. The average Bonchev–Trinajstić information content (AvgIpc) is 2.99. The SMILES string of the molecule is CC(C)(C)C(=[OH+])/C=C(\O)C(C)(C)C.Cc1[c-]c(-c2nccc3c2ccc2cc(-c4ccc(OC(=O)C(F)(F)F)cc4)ccc23)cc(C)c1.[Ir]. The van der Waals surface area contributed by atoms with Crippen LogP contribution in [0.25, 0.3) is 43.9 Å². The molecular weight excluding hydrogens is 808 g/mol. The fourth-order valence-corrected chi connectivity index (χ4v) is 4.86. The Labute approximate surface area is 298 Å². The average molecular weight is 848 g/mol. The van der Waals surface area contributed by atoms with Crippen molar-refractivity contribution in [2.45, 2.75) is 61.6 Å². The molecule has 9 heteroatoms. The molecule has 0 amide bonds. The van der Waals surface area contributed by atoms with Crippen LogP contribution in [0.4, 0.5) is 13.2 Å². The summed E-state index contributed by atoms with van der Waals surface area (Å²) in [5.41, 5.74) is 5.11. The van der Waals surface area contributed by atoms with Crippen LogP contribution in [0.3, 0.4) is 0 Å². The number of benzene rings is 4. The normalized spacial score (nSPS) is 12.2. The van der Waals surface area contributed by atoms with E-state index in [1.165, 1.54) is 18.2 Å². The van der Waals surface area contributed by atoms with E-state index < -0.39 is 12.1 Å². The van der Waals surface area contributed by atoms with Gasteiger partial charge in [0.25, 0.3) is 0 Å². The number of hydrogen-bond donors (Lipinski definition) is 1. The van der Waals surface area contributed by atoms with Gasteiger partial charge in [0.05, 0.1) is 11.5 Å². The van der Waals surface area contributed by atoms with Gasteiger partial charge in [-0.25, -0.2) is 4.79 Å². The van der Waals surface area contributed by atoms with Gasteiger partial charge in [-0.3, -0.25) is 4.79 Å². The molecule has 259 valence electrons. The molecule has 49 heavy (non-hydrogen) atoms. The maximum Gasteiger partial charge on any atom is 0.491 e. The van der Waals surface area contributed by atoms with Crippen molar-refractivity contribution in [1.29, 1.82) is 0 Å². The van der Waals surface area contributed by atoms with E-state index in [2.05, 4.69) is 40.9 Å². The van der Waals surface area contributed by atoms with Gasteiger partial charge in [0, 0.05) is 31.7 Å². The van der Waals surface area contributed by atoms with Crippen molar-refractivity contribution in [3.05, 3.63) is 108 Å². The quantitative estimate of drug-likeness (QED) is 0.0372. The number of allylic oxidation sites excluding steroid dienone is 2. The van der Waals surface area contributed by atoms with Gasteiger partial charge in [-0.15, -0.1) is 34.9 Å². The molecule has 5 nitrogen and oxygen atoms in total. The number of nitrogens with zero attached hydrogens (tertiary/aromatic N) is 1. The molecule has 0 aliphatic carbocycles. The Bertz CT molecular complexity index is 2000. The van der Waals surface area contributed by atoms with Gasteiger partial charge in [-0.2, -0.15) is 13.2 Å². The van der Waals surface area contributed by atoms with Crippen molar-refractivity contribution >= 4 is 33.3 Å². The van der Waals surface area contributed by atoms with Crippen LogP contribution in [0.1, 0.15) is 52.7 Å². The number of halogens is 3. The number of aliphatic hydroxyl groups is 1. The first-order valence-corrected chi connectivity index (χ1v) is 15.4. The number of pyridine rings is 1. The molecule has 0 bridgehead atoms. The Morgan fingerprint density at radius 2 is 1.43 bits per heavy atom. The first-order valence-electron chi connectivity index (χ1n) is 15.4. The van der Waals surface area contributed by atoms with Crippen LogP contribution >= 0.6 is 0 Å². The van der Waals surface area contributed by atoms with E-state index in [0.717, 1.165) is 55.1 Å². The summed E-state index contributed by atoms with van der Waals surface area (Å²) in [7, 11) is 0. The predicted octanol–water partition coefficient (Wildman–Crippen LogP) is 10.7. The van der Waals surface area contributed by atoms with Crippen molar-refractivity contribution in [2.75, 3.05) is 0 Å².